The average Bonchev–Trinajstić information content (AvgIpc) is 3.28. The summed E-state index contributed by atoms with van der Waals surface area (Å²) in [5.74, 6) is -1.73. The standard InChI is InChI=1S/C58H105NO7/c1-6-8-10-12-14-16-18-20-22-24-26-28-30-32-34-36-38-40-42-44-46-48-56(60)65-53-54(52-64-51-50-55(58(62)63)59(3,4)5)66-57(61)49-47-45-43-41-39-37-35-33-31-29-27-25-23-21-19-17-15-13-11-9-7-2/h9,11,15,17,21,23,27,29,54-55H,6-8,10,12-14,16,18-20,22,24-26,28,30-53H2,1-5H3/b11-9-,17-15-,23-21-,29-27-. The Morgan fingerprint density at radius 3 is 1.26 bits per heavy atom. The molecule has 0 amide bonds. The van der Waals surface area contributed by atoms with Gasteiger partial charge in [0.05, 0.1) is 40.3 Å². The first-order chi connectivity index (χ1) is 32.1. The molecule has 2 atom stereocenters. The number of carbonyl (C=O) groups excluding carboxylic acids is 3. The molecule has 66 heavy (non-hydrogen) atoms. The molecule has 8 heteroatoms. The number of rotatable bonds is 50. The number of nitrogens with zero attached hydrogens (tertiary/aromatic N) is 1. The number of quaternary nitrogens is 1. The third-order valence-corrected chi connectivity index (χ3v) is 12.5. The van der Waals surface area contributed by atoms with Crippen molar-refractivity contribution in [1.29, 1.82) is 0 Å². The molecule has 0 N–H and O–H groups in total. The van der Waals surface area contributed by atoms with Gasteiger partial charge in [0.2, 0.25) is 0 Å². The summed E-state index contributed by atoms with van der Waals surface area (Å²) < 4.78 is 17.3. The summed E-state index contributed by atoms with van der Waals surface area (Å²) in [5.41, 5.74) is 0. The predicted molar refractivity (Wildman–Crippen MR) is 277 cm³/mol. The van der Waals surface area contributed by atoms with Crippen molar-refractivity contribution in [1.82, 2.24) is 0 Å². The fourth-order valence-corrected chi connectivity index (χ4v) is 8.24. The average molecular weight is 928 g/mol. The predicted octanol–water partition coefficient (Wildman–Crippen LogP) is 15.0. The Morgan fingerprint density at radius 1 is 0.470 bits per heavy atom. The summed E-state index contributed by atoms with van der Waals surface area (Å²) in [6.07, 6.45) is 60.0. The normalized spacial score (nSPS) is 13.2. The molecule has 0 aromatic heterocycles. The Hall–Kier alpha value is -2.71. The molecule has 0 fully saturated rings. The minimum atomic E-state index is -1.12. The Balaban J connectivity index is 4.19. The Bertz CT molecular complexity index is 1220. The number of esters is 2. The van der Waals surface area contributed by atoms with Crippen LogP contribution in [0.1, 0.15) is 251 Å². The van der Waals surface area contributed by atoms with Crippen molar-refractivity contribution in [2.24, 2.45) is 0 Å². The van der Waals surface area contributed by atoms with Gasteiger partial charge >= 0.3 is 11.9 Å². The first-order valence-electron chi connectivity index (χ1n) is 27.7. The number of ether oxygens (including phenoxy) is 3. The molecule has 0 saturated carbocycles. The third-order valence-electron chi connectivity index (χ3n) is 12.5. The Labute approximate surface area is 407 Å². The number of hydrogen-bond donors (Lipinski definition) is 0. The van der Waals surface area contributed by atoms with E-state index in [1.165, 1.54) is 148 Å². The van der Waals surface area contributed by atoms with Gasteiger partial charge in [-0.3, -0.25) is 9.59 Å². The second-order valence-electron chi connectivity index (χ2n) is 19.8. The van der Waals surface area contributed by atoms with Gasteiger partial charge in [-0.05, 0) is 51.4 Å². The second-order valence-corrected chi connectivity index (χ2v) is 19.8. The van der Waals surface area contributed by atoms with E-state index in [4.69, 9.17) is 14.2 Å². The van der Waals surface area contributed by atoms with Crippen molar-refractivity contribution >= 4 is 17.9 Å². The van der Waals surface area contributed by atoms with Crippen LogP contribution in [0.5, 0.6) is 0 Å². The van der Waals surface area contributed by atoms with Gasteiger partial charge in [0.1, 0.15) is 12.6 Å². The smallest absolute Gasteiger partial charge is 0.306 e. The van der Waals surface area contributed by atoms with E-state index in [1.54, 1.807) is 0 Å². The molecule has 384 valence electrons. The van der Waals surface area contributed by atoms with Gasteiger partial charge in [-0.15, -0.1) is 0 Å². The topological polar surface area (TPSA) is 102 Å². The fraction of sp³-hybridized carbons (Fsp3) is 0.810. The molecule has 0 aromatic carbocycles. The van der Waals surface area contributed by atoms with Gasteiger partial charge in [-0.25, -0.2) is 0 Å². The van der Waals surface area contributed by atoms with Crippen molar-refractivity contribution in [3.05, 3.63) is 48.6 Å². The highest BCUT2D eigenvalue weighted by Gasteiger charge is 2.25. The summed E-state index contributed by atoms with van der Waals surface area (Å²) in [7, 11) is 5.42. The van der Waals surface area contributed by atoms with Crippen molar-refractivity contribution in [3.63, 3.8) is 0 Å². The van der Waals surface area contributed by atoms with E-state index in [-0.39, 0.29) is 42.7 Å². The highest BCUT2D eigenvalue weighted by molar-refractivity contribution is 5.70. The number of aliphatic carboxylic acids is 1. The van der Waals surface area contributed by atoms with Crippen molar-refractivity contribution < 1.29 is 38.2 Å². The number of carboxylic acid groups (broad SMARTS) is 1. The van der Waals surface area contributed by atoms with Crippen LogP contribution in [-0.2, 0) is 28.6 Å². The van der Waals surface area contributed by atoms with E-state index in [1.807, 2.05) is 21.1 Å². The van der Waals surface area contributed by atoms with E-state index in [9.17, 15) is 19.5 Å². The maximum absolute atomic E-state index is 12.8. The molecule has 0 aliphatic carbocycles. The highest BCUT2D eigenvalue weighted by Crippen LogP contribution is 2.17. The van der Waals surface area contributed by atoms with Crippen molar-refractivity contribution in [3.8, 4) is 0 Å². The SMILES string of the molecule is CC/C=C\C/C=C\C/C=C\C/C=C\CCCCCCCCCCC(=O)OC(COCCC(C(=O)[O-])[N+](C)(C)C)COC(=O)CCCCCCCCCCCCCCCCCCCCCCC. The molecule has 0 spiro atoms. The molecule has 0 heterocycles. The van der Waals surface area contributed by atoms with Crippen LogP contribution >= 0.6 is 0 Å². The lowest BCUT2D eigenvalue weighted by Crippen LogP contribution is -2.55. The number of carboxylic acids is 1. The Morgan fingerprint density at radius 2 is 0.848 bits per heavy atom. The lowest BCUT2D eigenvalue weighted by atomic mass is 10.0. The lowest BCUT2D eigenvalue weighted by molar-refractivity contribution is -0.889. The van der Waals surface area contributed by atoms with Crippen molar-refractivity contribution in [2.45, 2.75) is 264 Å². The van der Waals surface area contributed by atoms with Crippen LogP contribution in [0.3, 0.4) is 0 Å². The molecule has 0 bridgehead atoms. The monoisotopic (exact) mass is 928 g/mol. The molecule has 0 rings (SSSR count). The van der Waals surface area contributed by atoms with E-state index in [0.717, 1.165) is 70.6 Å². The number of allylic oxidation sites excluding steroid dienone is 8. The largest absolute Gasteiger partial charge is 0.544 e. The van der Waals surface area contributed by atoms with Gasteiger partial charge in [0.15, 0.2) is 6.10 Å². The first kappa shape index (κ1) is 63.3. The zero-order chi connectivity index (χ0) is 48.4. The van der Waals surface area contributed by atoms with Gasteiger partial charge in [-0.2, -0.15) is 0 Å². The lowest BCUT2D eigenvalue weighted by Gasteiger charge is -2.34. The van der Waals surface area contributed by atoms with Gasteiger partial charge in [0.25, 0.3) is 0 Å². The minimum absolute atomic E-state index is 0.0393. The molecule has 0 radical (unpaired) electrons. The molecule has 0 aliphatic heterocycles. The number of carbonyl (C=O) groups is 3. The molecule has 0 saturated heterocycles. The maximum Gasteiger partial charge on any atom is 0.306 e. The first-order valence-corrected chi connectivity index (χ1v) is 27.7. The third kappa shape index (κ3) is 46.4. The van der Waals surface area contributed by atoms with Crippen LogP contribution in [0, 0.1) is 0 Å². The zero-order valence-electron chi connectivity index (χ0n) is 43.9. The quantitative estimate of drug-likeness (QED) is 0.0259. The molecule has 0 aliphatic rings. The van der Waals surface area contributed by atoms with Crippen LogP contribution < -0.4 is 5.11 Å². The van der Waals surface area contributed by atoms with Gasteiger partial charge < -0.3 is 28.6 Å². The summed E-state index contributed by atoms with van der Waals surface area (Å²) >= 11 is 0. The van der Waals surface area contributed by atoms with Crippen LogP contribution in [0.4, 0.5) is 0 Å². The number of unbranched alkanes of at least 4 members (excludes halogenated alkanes) is 28. The van der Waals surface area contributed by atoms with E-state index in [2.05, 4.69) is 62.5 Å². The van der Waals surface area contributed by atoms with E-state index >= 15 is 0 Å². The number of hydrogen-bond acceptors (Lipinski definition) is 7. The summed E-state index contributed by atoms with van der Waals surface area (Å²) in [4.78, 5) is 37.1. The summed E-state index contributed by atoms with van der Waals surface area (Å²) in [6.45, 7) is 4.58. The molecular weight excluding hydrogens is 823 g/mol. The molecular formula is C58H105NO7. The number of likely N-dealkylation sites (N-methyl/N-ethyl adjacent to an activating group) is 1. The fourth-order valence-electron chi connectivity index (χ4n) is 8.24. The molecule has 8 nitrogen and oxygen atoms in total. The summed E-state index contributed by atoms with van der Waals surface area (Å²) in [5, 5.41) is 11.7. The highest BCUT2D eigenvalue weighted by atomic mass is 16.6. The van der Waals surface area contributed by atoms with Crippen LogP contribution in [0.25, 0.3) is 0 Å². The summed E-state index contributed by atoms with van der Waals surface area (Å²) in [6, 6.07) is -0.728. The molecule has 0 aromatic rings. The Kier molecular flexibility index (Phi) is 46.7. The second kappa shape index (κ2) is 48.7. The maximum atomic E-state index is 12.8. The van der Waals surface area contributed by atoms with Crippen LogP contribution in [0.2, 0.25) is 0 Å². The van der Waals surface area contributed by atoms with Crippen LogP contribution in [-0.4, -0.2) is 75.5 Å². The molecule has 2 unspecified atom stereocenters. The van der Waals surface area contributed by atoms with E-state index < -0.39 is 18.1 Å². The van der Waals surface area contributed by atoms with Gasteiger partial charge in [-0.1, -0.05) is 229 Å². The van der Waals surface area contributed by atoms with Crippen LogP contribution in [0.15, 0.2) is 48.6 Å². The van der Waals surface area contributed by atoms with E-state index in [0.29, 0.717) is 12.8 Å². The zero-order valence-corrected chi connectivity index (χ0v) is 43.9. The minimum Gasteiger partial charge on any atom is -0.544 e. The van der Waals surface area contributed by atoms with Crippen molar-refractivity contribution in [2.75, 3.05) is 41.0 Å². The van der Waals surface area contributed by atoms with Gasteiger partial charge in [0, 0.05) is 19.3 Å².